The Balaban J connectivity index is 1.43. The third-order valence-electron chi connectivity index (χ3n) is 4.43. The van der Waals surface area contributed by atoms with Crippen molar-refractivity contribution in [3.8, 4) is 0 Å². The SMILES string of the molecule is O=C(CCNC(=O)Cn1ccc2ccccc2c1=O)NC[C@@H]1CCCO1. The van der Waals surface area contributed by atoms with E-state index < -0.39 is 0 Å². The quantitative estimate of drug-likeness (QED) is 0.767. The van der Waals surface area contributed by atoms with E-state index in [0.717, 1.165) is 24.8 Å². The van der Waals surface area contributed by atoms with E-state index in [2.05, 4.69) is 10.6 Å². The number of aromatic nitrogens is 1. The number of ether oxygens (including phenoxy) is 1. The molecule has 1 saturated heterocycles. The maximum Gasteiger partial charge on any atom is 0.258 e. The van der Waals surface area contributed by atoms with E-state index in [1.54, 1.807) is 18.3 Å². The van der Waals surface area contributed by atoms with Gasteiger partial charge in [-0.25, -0.2) is 0 Å². The van der Waals surface area contributed by atoms with Crippen molar-refractivity contribution in [1.82, 2.24) is 15.2 Å². The van der Waals surface area contributed by atoms with Gasteiger partial charge in [-0.1, -0.05) is 18.2 Å². The molecule has 0 aliphatic carbocycles. The number of carbonyl (C=O) groups excluding carboxylic acids is 2. The van der Waals surface area contributed by atoms with Crippen molar-refractivity contribution in [1.29, 1.82) is 0 Å². The maximum absolute atomic E-state index is 12.4. The second-order valence-electron chi connectivity index (χ2n) is 6.38. The van der Waals surface area contributed by atoms with Crippen LogP contribution in [-0.2, 0) is 20.9 Å². The first-order chi connectivity index (χ1) is 12.6. The summed E-state index contributed by atoms with van der Waals surface area (Å²) in [5.74, 6) is -0.419. The van der Waals surface area contributed by atoms with Gasteiger partial charge in [0.1, 0.15) is 6.54 Å². The van der Waals surface area contributed by atoms with Crippen molar-refractivity contribution in [2.24, 2.45) is 0 Å². The van der Waals surface area contributed by atoms with Crippen LogP contribution in [0.2, 0.25) is 0 Å². The number of nitrogens with zero attached hydrogens (tertiary/aromatic N) is 1. The highest BCUT2D eigenvalue weighted by atomic mass is 16.5. The van der Waals surface area contributed by atoms with Crippen LogP contribution >= 0.6 is 0 Å². The lowest BCUT2D eigenvalue weighted by Crippen LogP contribution is -2.36. The highest BCUT2D eigenvalue weighted by molar-refractivity contribution is 5.82. The Labute approximate surface area is 151 Å². The van der Waals surface area contributed by atoms with Gasteiger partial charge in [0.05, 0.1) is 6.10 Å². The molecule has 2 amide bonds. The second-order valence-corrected chi connectivity index (χ2v) is 6.38. The van der Waals surface area contributed by atoms with Gasteiger partial charge in [-0.2, -0.15) is 0 Å². The van der Waals surface area contributed by atoms with Gasteiger partial charge in [-0.15, -0.1) is 0 Å². The average molecular weight is 357 g/mol. The van der Waals surface area contributed by atoms with Crippen LogP contribution in [0.25, 0.3) is 10.8 Å². The van der Waals surface area contributed by atoms with Crippen LogP contribution < -0.4 is 16.2 Å². The first kappa shape index (κ1) is 18.1. The van der Waals surface area contributed by atoms with Crippen molar-refractivity contribution in [2.45, 2.75) is 31.9 Å². The first-order valence-electron chi connectivity index (χ1n) is 8.86. The predicted molar refractivity (Wildman–Crippen MR) is 97.8 cm³/mol. The topological polar surface area (TPSA) is 89.4 Å². The molecule has 2 N–H and O–H groups in total. The lowest BCUT2D eigenvalue weighted by Gasteiger charge is -2.11. The molecular formula is C19H23N3O4. The van der Waals surface area contributed by atoms with Crippen LogP contribution in [0, 0.1) is 0 Å². The van der Waals surface area contributed by atoms with Gasteiger partial charge in [0.15, 0.2) is 0 Å². The fraction of sp³-hybridized carbons (Fsp3) is 0.421. The maximum atomic E-state index is 12.4. The molecule has 26 heavy (non-hydrogen) atoms. The lowest BCUT2D eigenvalue weighted by atomic mass is 10.2. The second kappa shape index (κ2) is 8.62. The fourth-order valence-corrected chi connectivity index (χ4v) is 3.00. The fourth-order valence-electron chi connectivity index (χ4n) is 3.00. The third kappa shape index (κ3) is 4.70. The average Bonchev–Trinajstić information content (AvgIpc) is 3.16. The zero-order chi connectivity index (χ0) is 18.4. The standard InChI is InChI=1S/C19H23N3O4/c23-17(21-12-15-5-3-11-26-15)7-9-20-18(24)13-22-10-8-14-4-1-2-6-16(14)19(22)25/h1-2,4,6,8,10,15H,3,5,7,9,11-13H2,(H,20,24)(H,21,23)/t15-/m0/s1. The minimum atomic E-state index is -0.297. The van der Waals surface area contributed by atoms with Gasteiger partial charge in [0, 0.05) is 37.7 Å². The Bertz CT molecular complexity index is 840. The number of hydrogen-bond acceptors (Lipinski definition) is 4. The summed E-state index contributed by atoms with van der Waals surface area (Å²) in [6.07, 6.45) is 3.92. The summed E-state index contributed by atoms with van der Waals surface area (Å²) in [4.78, 5) is 36.2. The van der Waals surface area contributed by atoms with Crippen LogP contribution in [0.15, 0.2) is 41.3 Å². The summed E-state index contributed by atoms with van der Waals surface area (Å²) in [6, 6.07) is 9.06. The van der Waals surface area contributed by atoms with Gasteiger partial charge in [0.2, 0.25) is 11.8 Å². The Kier molecular flexibility index (Phi) is 6.01. The highest BCUT2D eigenvalue weighted by Gasteiger charge is 2.16. The molecule has 138 valence electrons. The molecule has 1 atom stereocenters. The highest BCUT2D eigenvalue weighted by Crippen LogP contribution is 2.10. The molecule has 7 nitrogen and oxygen atoms in total. The smallest absolute Gasteiger partial charge is 0.258 e. The van der Waals surface area contributed by atoms with Crippen LogP contribution in [0.5, 0.6) is 0 Å². The minimum absolute atomic E-state index is 0.0683. The molecule has 0 unspecified atom stereocenters. The summed E-state index contributed by atoms with van der Waals surface area (Å²) in [7, 11) is 0. The number of benzene rings is 1. The largest absolute Gasteiger partial charge is 0.376 e. The van der Waals surface area contributed by atoms with Crippen molar-refractivity contribution in [2.75, 3.05) is 19.7 Å². The van der Waals surface area contributed by atoms with Gasteiger partial charge >= 0.3 is 0 Å². The Hall–Kier alpha value is -2.67. The molecule has 1 fully saturated rings. The molecule has 1 aliphatic heterocycles. The molecule has 0 saturated carbocycles. The molecule has 0 bridgehead atoms. The Morgan fingerprint density at radius 1 is 1.15 bits per heavy atom. The number of pyridine rings is 1. The number of carbonyl (C=O) groups is 2. The molecule has 1 aliphatic rings. The van der Waals surface area contributed by atoms with E-state index in [1.807, 2.05) is 18.2 Å². The molecule has 0 radical (unpaired) electrons. The van der Waals surface area contributed by atoms with Crippen LogP contribution in [0.3, 0.4) is 0 Å². The molecule has 2 heterocycles. The van der Waals surface area contributed by atoms with Crippen LogP contribution in [0.4, 0.5) is 0 Å². The summed E-state index contributed by atoms with van der Waals surface area (Å²) in [6.45, 7) is 1.43. The Morgan fingerprint density at radius 3 is 2.81 bits per heavy atom. The van der Waals surface area contributed by atoms with Crippen molar-refractivity contribution >= 4 is 22.6 Å². The van der Waals surface area contributed by atoms with Crippen LogP contribution in [-0.4, -0.2) is 42.2 Å². The molecule has 3 rings (SSSR count). The van der Waals surface area contributed by atoms with E-state index in [-0.39, 0.29) is 43.0 Å². The van der Waals surface area contributed by atoms with E-state index >= 15 is 0 Å². The van der Waals surface area contributed by atoms with Gasteiger partial charge in [-0.3, -0.25) is 14.4 Å². The third-order valence-corrected chi connectivity index (χ3v) is 4.43. The number of rotatable bonds is 7. The van der Waals surface area contributed by atoms with E-state index in [9.17, 15) is 14.4 Å². The summed E-state index contributed by atoms with van der Waals surface area (Å²) >= 11 is 0. The molecule has 7 heteroatoms. The summed E-state index contributed by atoms with van der Waals surface area (Å²) in [5, 5.41) is 6.91. The number of fused-ring (bicyclic) bond motifs is 1. The van der Waals surface area contributed by atoms with Crippen molar-refractivity contribution < 1.29 is 14.3 Å². The number of hydrogen-bond donors (Lipinski definition) is 2. The summed E-state index contributed by atoms with van der Waals surface area (Å²) in [5.41, 5.74) is -0.201. The molecule has 0 spiro atoms. The number of nitrogens with one attached hydrogen (secondary N) is 2. The zero-order valence-electron chi connectivity index (χ0n) is 14.6. The van der Waals surface area contributed by atoms with Crippen molar-refractivity contribution in [3.05, 3.63) is 46.9 Å². The predicted octanol–water partition coefficient (Wildman–Crippen LogP) is 0.803. The Morgan fingerprint density at radius 2 is 2.00 bits per heavy atom. The minimum Gasteiger partial charge on any atom is -0.376 e. The normalized spacial score (nSPS) is 16.5. The van der Waals surface area contributed by atoms with E-state index in [4.69, 9.17) is 4.74 Å². The van der Waals surface area contributed by atoms with E-state index in [1.165, 1.54) is 4.57 Å². The van der Waals surface area contributed by atoms with Gasteiger partial charge in [0.25, 0.3) is 5.56 Å². The molecule has 1 aromatic carbocycles. The van der Waals surface area contributed by atoms with E-state index in [0.29, 0.717) is 11.9 Å². The molecular weight excluding hydrogens is 334 g/mol. The first-order valence-corrected chi connectivity index (χ1v) is 8.86. The molecule has 2 aromatic rings. The van der Waals surface area contributed by atoms with Crippen LogP contribution in [0.1, 0.15) is 19.3 Å². The van der Waals surface area contributed by atoms with Crippen molar-refractivity contribution in [3.63, 3.8) is 0 Å². The monoisotopic (exact) mass is 357 g/mol. The summed E-state index contributed by atoms with van der Waals surface area (Å²) < 4.78 is 6.81. The zero-order valence-corrected chi connectivity index (χ0v) is 14.6. The lowest BCUT2D eigenvalue weighted by molar-refractivity contribution is -0.122. The van der Waals surface area contributed by atoms with Gasteiger partial charge in [-0.05, 0) is 30.4 Å². The number of amides is 2. The van der Waals surface area contributed by atoms with Gasteiger partial charge < -0.3 is 19.9 Å². The molecule has 1 aromatic heterocycles.